The van der Waals surface area contributed by atoms with Crippen LogP contribution in [-0.2, 0) is 14.3 Å². The fourth-order valence-corrected chi connectivity index (χ4v) is 3.07. The Morgan fingerprint density at radius 2 is 1.70 bits per heavy atom. The predicted molar refractivity (Wildman–Crippen MR) is 81.2 cm³/mol. The lowest BCUT2D eigenvalue weighted by molar-refractivity contribution is 0.307. The highest BCUT2D eigenvalue weighted by atomic mass is 32.2. The summed E-state index contributed by atoms with van der Waals surface area (Å²) in [6.07, 6.45) is 4.02. The molecule has 0 unspecified atom stereocenters. The van der Waals surface area contributed by atoms with Gasteiger partial charge < -0.3 is 0 Å². The molecule has 0 heterocycles. The number of unbranched alkanes of at least 4 members (excludes halogenated alkanes) is 3. The lowest BCUT2D eigenvalue weighted by Gasteiger charge is -2.06. The van der Waals surface area contributed by atoms with Gasteiger partial charge in [-0.05, 0) is 29.3 Å². The van der Waals surface area contributed by atoms with Crippen molar-refractivity contribution in [1.29, 1.82) is 0 Å². The molecule has 0 bridgehead atoms. The van der Waals surface area contributed by atoms with Crippen LogP contribution in [0.25, 0.3) is 10.8 Å². The summed E-state index contributed by atoms with van der Waals surface area (Å²) in [7, 11) is -3.64. The molecule has 0 fully saturated rings. The molecule has 0 aliphatic carbocycles. The third kappa shape index (κ3) is 3.81. The lowest BCUT2D eigenvalue weighted by Crippen LogP contribution is -2.07. The van der Waals surface area contributed by atoms with E-state index < -0.39 is 10.1 Å². The van der Waals surface area contributed by atoms with E-state index in [2.05, 4.69) is 6.92 Å². The summed E-state index contributed by atoms with van der Waals surface area (Å²) < 4.78 is 29.3. The second-order valence-electron chi connectivity index (χ2n) is 4.85. The minimum atomic E-state index is -3.64. The Kier molecular flexibility index (Phi) is 5.15. The van der Waals surface area contributed by atoms with Gasteiger partial charge in [0.2, 0.25) is 0 Å². The van der Waals surface area contributed by atoms with Crippen molar-refractivity contribution in [2.24, 2.45) is 0 Å². The monoisotopic (exact) mass is 292 g/mol. The van der Waals surface area contributed by atoms with Crippen LogP contribution in [0.3, 0.4) is 0 Å². The van der Waals surface area contributed by atoms with Gasteiger partial charge in [-0.1, -0.05) is 56.5 Å². The molecule has 0 amide bonds. The van der Waals surface area contributed by atoms with Gasteiger partial charge >= 0.3 is 0 Å². The number of hydrogen-bond donors (Lipinski definition) is 0. The zero-order valence-corrected chi connectivity index (χ0v) is 12.5. The minimum Gasteiger partial charge on any atom is -0.266 e. The van der Waals surface area contributed by atoms with Gasteiger partial charge in [0.05, 0.1) is 11.5 Å². The zero-order valence-electron chi connectivity index (χ0n) is 11.7. The molecule has 0 saturated heterocycles. The quantitative estimate of drug-likeness (QED) is 0.569. The van der Waals surface area contributed by atoms with Crippen LogP contribution < -0.4 is 0 Å². The van der Waals surface area contributed by atoms with E-state index in [0.717, 1.165) is 36.5 Å². The van der Waals surface area contributed by atoms with Crippen LogP contribution in [0.5, 0.6) is 0 Å². The molecule has 2 aromatic carbocycles. The first-order chi connectivity index (χ1) is 9.63. The summed E-state index contributed by atoms with van der Waals surface area (Å²) in [6.45, 7) is 2.38. The highest BCUT2D eigenvalue weighted by molar-refractivity contribution is 7.86. The molecule has 2 aromatic rings. The number of rotatable bonds is 7. The van der Waals surface area contributed by atoms with Crippen molar-refractivity contribution in [3.05, 3.63) is 42.5 Å². The standard InChI is InChI=1S/C16H20O3S/c1-2-3-4-7-12-19-20(17,18)16-11-10-14-8-5-6-9-15(14)13-16/h5-6,8-11,13H,2-4,7,12H2,1H3. The van der Waals surface area contributed by atoms with Gasteiger partial charge in [-0.25, -0.2) is 0 Å². The number of fused-ring (bicyclic) bond motifs is 1. The Labute approximate surface area is 120 Å². The maximum Gasteiger partial charge on any atom is 0.296 e. The molecule has 0 aliphatic heterocycles. The van der Waals surface area contributed by atoms with E-state index in [4.69, 9.17) is 4.18 Å². The lowest BCUT2D eigenvalue weighted by atomic mass is 10.1. The number of hydrogen-bond acceptors (Lipinski definition) is 3. The highest BCUT2D eigenvalue weighted by Gasteiger charge is 2.15. The SMILES string of the molecule is CCCCCCOS(=O)(=O)c1ccc2ccccc2c1. The average molecular weight is 292 g/mol. The van der Waals surface area contributed by atoms with E-state index in [0.29, 0.717) is 0 Å². The van der Waals surface area contributed by atoms with Crippen molar-refractivity contribution >= 4 is 20.9 Å². The molecule has 0 aliphatic rings. The first kappa shape index (κ1) is 15.0. The van der Waals surface area contributed by atoms with Gasteiger partial charge in [-0.15, -0.1) is 0 Å². The molecule has 0 saturated carbocycles. The molecule has 0 N–H and O–H groups in total. The Bertz CT molecular complexity index is 662. The molecule has 0 spiro atoms. The van der Waals surface area contributed by atoms with Crippen molar-refractivity contribution < 1.29 is 12.6 Å². The van der Waals surface area contributed by atoms with Crippen LogP contribution in [0.2, 0.25) is 0 Å². The van der Waals surface area contributed by atoms with Gasteiger partial charge in [0.25, 0.3) is 10.1 Å². The third-order valence-electron chi connectivity index (χ3n) is 3.25. The summed E-state index contributed by atoms with van der Waals surface area (Å²) in [5.41, 5.74) is 0. The Morgan fingerprint density at radius 1 is 0.950 bits per heavy atom. The molecular formula is C16H20O3S. The van der Waals surface area contributed by atoms with Crippen LogP contribution in [0.15, 0.2) is 47.4 Å². The maximum absolute atomic E-state index is 12.1. The Hall–Kier alpha value is -1.39. The van der Waals surface area contributed by atoms with Gasteiger partial charge in [0, 0.05) is 0 Å². The van der Waals surface area contributed by atoms with Crippen LogP contribution in [0.1, 0.15) is 32.6 Å². The van der Waals surface area contributed by atoms with E-state index >= 15 is 0 Å². The van der Waals surface area contributed by atoms with Crippen molar-refractivity contribution in [3.8, 4) is 0 Å². The Balaban J connectivity index is 2.07. The summed E-state index contributed by atoms with van der Waals surface area (Å²) in [4.78, 5) is 0.228. The predicted octanol–water partition coefficient (Wildman–Crippen LogP) is 4.13. The van der Waals surface area contributed by atoms with Crippen molar-refractivity contribution in [2.45, 2.75) is 37.5 Å². The van der Waals surface area contributed by atoms with Gasteiger partial charge in [-0.3, -0.25) is 4.18 Å². The summed E-state index contributed by atoms with van der Waals surface area (Å²) in [5.74, 6) is 0. The largest absolute Gasteiger partial charge is 0.296 e. The fourth-order valence-electron chi connectivity index (χ4n) is 2.09. The first-order valence-corrected chi connectivity index (χ1v) is 8.42. The molecule has 108 valence electrons. The van der Waals surface area contributed by atoms with Crippen molar-refractivity contribution in [2.75, 3.05) is 6.61 Å². The normalized spacial score (nSPS) is 11.8. The fraction of sp³-hybridized carbons (Fsp3) is 0.375. The summed E-state index contributed by atoms with van der Waals surface area (Å²) in [5, 5.41) is 1.93. The summed E-state index contributed by atoms with van der Waals surface area (Å²) >= 11 is 0. The maximum atomic E-state index is 12.1. The highest BCUT2D eigenvalue weighted by Crippen LogP contribution is 2.20. The molecule has 4 heteroatoms. The minimum absolute atomic E-state index is 0.228. The van der Waals surface area contributed by atoms with Gasteiger partial charge in [0.15, 0.2) is 0 Å². The van der Waals surface area contributed by atoms with E-state index in [9.17, 15) is 8.42 Å². The second kappa shape index (κ2) is 6.86. The molecule has 3 nitrogen and oxygen atoms in total. The Morgan fingerprint density at radius 3 is 2.45 bits per heavy atom. The van der Waals surface area contributed by atoms with Gasteiger partial charge in [-0.2, -0.15) is 8.42 Å². The zero-order chi connectivity index (χ0) is 14.4. The smallest absolute Gasteiger partial charge is 0.266 e. The van der Waals surface area contributed by atoms with Gasteiger partial charge in [0.1, 0.15) is 0 Å². The van der Waals surface area contributed by atoms with Crippen LogP contribution >= 0.6 is 0 Å². The summed E-state index contributed by atoms with van der Waals surface area (Å²) in [6, 6.07) is 12.8. The van der Waals surface area contributed by atoms with E-state index in [1.54, 1.807) is 12.1 Å². The van der Waals surface area contributed by atoms with Crippen LogP contribution in [0.4, 0.5) is 0 Å². The van der Waals surface area contributed by atoms with E-state index in [-0.39, 0.29) is 11.5 Å². The number of benzene rings is 2. The molecule has 2 rings (SSSR count). The van der Waals surface area contributed by atoms with Crippen LogP contribution in [0, 0.1) is 0 Å². The van der Waals surface area contributed by atoms with E-state index in [1.807, 2.05) is 30.3 Å². The third-order valence-corrected chi connectivity index (χ3v) is 4.55. The topological polar surface area (TPSA) is 43.4 Å². The molecular weight excluding hydrogens is 272 g/mol. The van der Waals surface area contributed by atoms with Crippen molar-refractivity contribution in [1.82, 2.24) is 0 Å². The molecule has 0 radical (unpaired) electrons. The first-order valence-electron chi connectivity index (χ1n) is 7.02. The average Bonchev–Trinajstić information content (AvgIpc) is 2.46. The molecule has 20 heavy (non-hydrogen) atoms. The van der Waals surface area contributed by atoms with Crippen LogP contribution in [-0.4, -0.2) is 15.0 Å². The molecule has 0 atom stereocenters. The second-order valence-corrected chi connectivity index (χ2v) is 6.46. The molecule has 0 aromatic heterocycles. The van der Waals surface area contributed by atoms with E-state index in [1.165, 1.54) is 0 Å². The van der Waals surface area contributed by atoms with Crippen molar-refractivity contribution in [3.63, 3.8) is 0 Å².